The van der Waals surface area contributed by atoms with Crippen LogP contribution >= 0.6 is 0 Å². The van der Waals surface area contributed by atoms with Crippen molar-refractivity contribution in [3.63, 3.8) is 0 Å². The minimum atomic E-state index is -0.0582. The summed E-state index contributed by atoms with van der Waals surface area (Å²) in [7, 11) is 0. The van der Waals surface area contributed by atoms with E-state index in [0.717, 1.165) is 30.8 Å². The Balaban J connectivity index is 2.68. The molecule has 0 fully saturated rings. The smallest absolute Gasteiger partial charge is 0.221 e. The molecule has 0 aliphatic rings. The Bertz CT molecular complexity index is 407. The van der Waals surface area contributed by atoms with Gasteiger partial charge in [0.15, 0.2) is 0 Å². The highest BCUT2D eigenvalue weighted by molar-refractivity contribution is 5.89. The zero-order chi connectivity index (χ0) is 14.8. The molecule has 2 N–H and O–H groups in total. The first kappa shape index (κ1) is 16.7. The molecule has 1 aromatic rings. The molecule has 1 aromatic carbocycles. The van der Waals surface area contributed by atoms with E-state index in [9.17, 15) is 9.90 Å². The molecular formula is C16H26N2O2. The van der Waals surface area contributed by atoms with Gasteiger partial charge in [-0.3, -0.25) is 9.69 Å². The lowest BCUT2D eigenvalue weighted by atomic mass is 10.1. The summed E-state index contributed by atoms with van der Waals surface area (Å²) in [6.45, 7) is 6.25. The summed E-state index contributed by atoms with van der Waals surface area (Å²) in [5.74, 6) is -0.0582. The average molecular weight is 278 g/mol. The van der Waals surface area contributed by atoms with Crippen molar-refractivity contribution in [2.45, 2.75) is 39.7 Å². The summed E-state index contributed by atoms with van der Waals surface area (Å²) < 4.78 is 0. The Morgan fingerprint density at radius 3 is 2.65 bits per heavy atom. The van der Waals surface area contributed by atoms with Gasteiger partial charge in [-0.1, -0.05) is 38.0 Å². The van der Waals surface area contributed by atoms with Gasteiger partial charge >= 0.3 is 0 Å². The molecule has 0 saturated heterocycles. The van der Waals surface area contributed by atoms with E-state index in [0.29, 0.717) is 6.54 Å². The van der Waals surface area contributed by atoms with E-state index < -0.39 is 0 Å². The van der Waals surface area contributed by atoms with E-state index in [1.54, 1.807) is 0 Å². The fraction of sp³-hybridized carbons (Fsp3) is 0.562. The number of nitrogens with zero attached hydrogens (tertiary/aromatic N) is 1. The first-order chi connectivity index (χ1) is 9.67. The molecule has 0 spiro atoms. The van der Waals surface area contributed by atoms with Crippen LogP contribution in [0.2, 0.25) is 0 Å². The number of hydrogen-bond acceptors (Lipinski definition) is 3. The number of aliphatic hydroxyl groups excluding tert-OH is 1. The number of hydrogen-bond donors (Lipinski definition) is 2. The SMILES string of the molecule is CCCCCN(CCO)Cc1ccccc1NC(C)=O. The third-order valence-corrected chi connectivity index (χ3v) is 3.22. The van der Waals surface area contributed by atoms with Crippen LogP contribution in [0.4, 0.5) is 5.69 Å². The van der Waals surface area contributed by atoms with Gasteiger partial charge in [0.25, 0.3) is 0 Å². The Hall–Kier alpha value is -1.39. The molecule has 0 heterocycles. The Morgan fingerprint density at radius 1 is 1.25 bits per heavy atom. The summed E-state index contributed by atoms with van der Waals surface area (Å²) in [5, 5.41) is 12.0. The highest BCUT2D eigenvalue weighted by Gasteiger charge is 2.09. The van der Waals surface area contributed by atoms with E-state index in [4.69, 9.17) is 0 Å². The zero-order valence-electron chi connectivity index (χ0n) is 12.6. The minimum Gasteiger partial charge on any atom is -0.395 e. The largest absolute Gasteiger partial charge is 0.395 e. The third-order valence-electron chi connectivity index (χ3n) is 3.22. The van der Waals surface area contributed by atoms with E-state index in [2.05, 4.69) is 17.1 Å². The van der Waals surface area contributed by atoms with Crippen molar-refractivity contribution in [1.29, 1.82) is 0 Å². The van der Waals surface area contributed by atoms with Crippen molar-refractivity contribution in [1.82, 2.24) is 4.90 Å². The molecule has 1 rings (SSSR count). The summed E-state index contributed by atoms with van der Waals surface area (Å²) in [6.07, 6.45) is 3.53. The number of aliphatic hydroxyl groups is 1. The Morgan fingerprint density at radius 2 is 2.00 bits per heavy atom. The van der Waals surface area contributed by atoms with Gasteiger partial charge in [-0.15, -0.1) is 0 Å². The van der Waals surface area contributed by atoms with E-state index in [-0.39, 0.29) is 12.5 Å². The number of rotatable bonds is 9. The topological polar surface area (TPSA) is 52.6 Å². The number of amides is 1. The molecule has 20 heavy (non-hydrogen) atoms. The van der Waals surface area contributed by atoms with Gasteiger partial charge in [-0.25, -0.2) is 0 Å². The van der Waals surface area contributed by atoms with Crippen molar-refractivity contribution in [2.75, 3.05) is 25.0 Å². The van der Waals surface area contributed by atoms with Crippen molar-refractivity contribution in [2.24, 2.45) is 0 Å². The van der Waals surface area contributed by atoms with Gasteiger partial charge < -0.3 is 10.4 Å². The number of para-hydroxylation sites is 1. The fourth-order valence-electron chi connectivity index (χ4n) is 2.21. The van der Waals surface area contributed by atoms with Gasteiger partial charge in [0.05, 0.1) is 6.61 Å². The van der Waals surface area contributed by atoms with Crippen LogP contribution in [-0.2, 0) is 11.3 Å². The van der Waals surface area contributed by atoms with Crippen molar-refractivity contribution >= 4 is 11.6 Å². The monoisotopic (exact) mass is 278 g/mol. The summed E-state index contributed by atoms with van der Waals surface area (Å²) in [4.78, 5) is 13.5. The lowest BCUT2D eigenvalue weighted by Crippen LogP contribution is -2.28. The highest BCUT2D eigenvalue weighted by atomic mass is 16.3. The summed E-state index contributed by atoms with van der Waals surface area (Å²) >= 11 is 0. The molecule has 0 radical (unpaired) electrons. The maximum absolute atomic E-state index is 11.2. The molecule has 0 aliphatic heterocycles. The van der Waals surface area contributed by atoms with Crippen LogP contribution in [0.15, 0.2) is 24.3 Å². The first-order valence-corrected chi connectivity index (χ1v) is 7.36. The van der Waals surface area contributed by atoms with Crippen LogP contribution < -0.4 is 5.32 Å². The van der Waals surface area contributed by atoms with Gasteiger partial charge in [0, 0.05) is 25.7 Å². The number of anilines is 1. The zero-order valence-corrected chi connectivity index (χ0v) is 12.6. The molecule has 0 bridgehead atoms. The molecular weight excluding hydrogens is 252 g/mol. The summed E-state index contributed by atoms with van der Waals surface area (Å²) in [6, 6.07) is 7.83. The van der Waals surface area contributed by atoms with Crippen molar-refractivity contribution < 1.29 is 9.90 Å². The number of carbonyl (C=O) groups is 1. The molecule has 112 valence electrons. The van der Waals surface area contributed by atoms with Crippen LogP contribution in [0.25, 0.3) is 0 Å². The molecule has 0 atom stereocenters. The second-order valence-corrected chi connectivity index (χ2v) is 5.05. The Labute approximate surface area is 121 Å². The van der Waals surface area contributed by atoms with Gasteiger partial charge in [-0.2, -0.15) is 0 Å². The van der Waals surface area contributed by atoms with Crippen LogP contribution in [0.5, 0.6) is 0 Å². The van der Waals surface area contributed by atoms with E-state index in [1.807, 2.05) is 24.3 Å². The van der Waals surface area contributed by atoms with E-state index >= 15 is 0 Å². The average Bonchev–Trinajstić information content (AvgIpc) is 2.41. The van der Waals surface area contributed by atoms with Crippen LogP contribution in [0, 0.1) is 0 Å². The maximum Gasteiger partial charge on any atom is 0.221 e. The quantitative estimate of drug-likeness (QED) is 0.683. The molecule has 4 nitrogen and oxygen atoms in total. The van der Waals surface area contributed by atoms with E-state index in [1.165, 1.54) is 19.8 Å². The number of benzene rings is 1. The molecule has 0 unspecified atom stereocenters. The standard InChI is InChI=1S/C16H26N2O2/c1-3-4-7-10-18(11-12-19)13-15-8-5-6-9-16(15)17-14(2)20/h5-6,8-9,19H,3-4,7,10-13H2,1-2H3,(H,17,20). The normalized spacial score (nSPS) is 10.8. The minimum absolute atomic E-state index is 0.0582. The Kier molecular flexibility index (Phi) is 7.92. The number of unbranched alkanes of at least 4 members (excludes halogenated alkanes) is 2. The fourth-order valence-corrected chi connectivity index (χ4v) is 2.21. The van der Waals surface area contributed by atoms with Crippen molar-refractivity contribution in [3.05, 3.63) is 29.8 Å². The van der Waals surface area contributed by atoms with Gasteiger partial charge in [-0.05, 0) is 24.6 Å². The lowest BCUT2D eigenvalue weighted by Gasteiger charge is -2.22. The molecule has 4 heteroatoms. The number of carbonyl (C=O) groups excluding carboxylic acids is 1. The second-order valence-electron chi connectivity index (χ2n) is 5.05. The van der Waals surface area contributed by atoms with Gasteiger partial charge in [0.1, 0.15) is 0 Å². The molecule has 0 aliphatic carbocycles. The molecule has 0 saturated carbocycles. The second kappa shape index (κ2) is 9.50. The third kappa shape index (κ3) is 6.17. The van der Waals surface area contributed by atoms with Gasteiger partial charge in [0.2, 0.25) is 5.91 Å². The highest BCUT2D eigenvalue weighted by Crippen LogP contribution is 2.17. The van der Waals surface area contributed by atoms with Crippen LogP contribution in [-0.4, -0.2) is 35.6 Å². The predicted octanol–water partition coefficient (Wildman–Crippen LogP) is 2.63. The molecule has 1 amide bonds. The first-order valence-electron chi connectivity index (χ1n) is 7.36. The van der Waals surface area contributed by atoms with Crippen LogP contribution in [0.3, 0.4) is 0 Å². The molecule has 0 aromatic heterocycles. The van der Waals surface area contributed by atoms with Crippen molar-refractivity contribution in [3.8, 4) is 0 Å². The summed E-state index contributed by atoms with van der Waals surface area (Å²) in [5.41, 5.74) is 1.95. The number of nitrogens with one attached hydrogen (secondary N) is 1. The van der Waals surface area contributed by atoms with Crippen LogP contribution in [0.1, 0.15) is 38.7 Å². The maximum atomic E-state index is 11.2. The lowest BCUT2D eigenvalue weighted by molar-refractivity contribution is -0.114. The predicted molar refractivity (Wildman–Crippen MR) is 82.6 cm³/mol.